The van der Waals surface area contributed by atoms with Crippen LogP contribution in [0.2, 0.25) is 0 Å². The number of amides is 3. The molecule has 130 valence electrons. The van der Waals surface area contributed by atoms with Crippen molar-refractivity contribution in [1.29, 1.82) is 0 Å². The summed E-state index contributed by atoms with van der Waals surface area (Å²) in [5.41, 5.74) is 1.06. The summed E-state index contributed by atoms with van der Waals surface area (Å²) < 4.78 is 0. The molecule has 2 atom stereocenters. The first kappa shape index (κ1) is 16.3. The lowest BCUT2D eigenvalue weighted by atomic mass is 10.1. The maximum absolute atomic E-state index is 12.7. The van der Waals surface area contributed by atoms with E-state index in [0.29, 0.717) is 19.1 Å². The first-order valence-electron chi connectivity index (χ1n) is 8.65. The minimum Gasteiger partial charge on any atom is -0.325 e. The quantitative estimate of drug-likeness (QED) is 0.839. The summed E-state index contributed by atoms with van der Waals surface area (Å²) in [6.45, 7) is 1.29. The summed E-state index contributed by atoms with van der Waals surface area (Å²) in [5.74, 6) is -0.120. The fraction of sp³-hybridized carbons (Fsp3) is 0.368. The first-order chi connectivity index (χ1) is 12.2. The highest BCUT2D eigenvalue weighted by Gasteiger charge is 2.40. The second-order valence-corrected chi connectivity index (χ2v) is 7.56. The summed E-state index contributed by atoms with van der Waals surface area (Å²) in [6.07, 6.45) is 2.72. The van der Waals surface area contributed by atoms with Crippen molar-refractivity contribution in [3.63, 3.8) is 0 Å². The molecule has 2 aromatic rings. The van der Waals surface area contributed by atoms with E-state index in [1.54, 1.807) is 11.3 Å². The van der Waals surface area contributed by atoms with Gasteiger partial charge in [0.2, 0.25) is 0 Å². The fourth-order valence-corrected chi connectivity index (χ4v) is 4.57. The van der Waals surface area contributed by atoms with Crippen LogP contribution in [0.25, 0.3) is 0 Å². The fourth-order valence-electron chi connectivity index (χ4n) is 3.68. The number of imide groups is 1. The van der Waals surface area contributed by atoms with Gasteiger partial charge in [-0.2, -0.15) is 0 Å². The average Bonchev–Trinajstić information content (AvgIpc) is 3.34. The third-order valence-corrected chi connectivity index (χ3v) is 5.92. The van der Waals surface area contributed by atoms with Gasteiger partial charge in [-0.3, -0.25) is 9.69 Å². The van der Waals surface area contributed by atoms with Crippen molar-refractivity contribution in [3.8, 4) is 0 Å². The smallest absolute Gasteiger partial charge is 0.325 e. The number of carbonyl (C=O) groups excluding carboxylic acids is 2. The van der Waals surface area contributed by atoms with Crippen LogP contribution in [0, 0.1) is 0 Å². The number of benzene rings is 1. The Morgan fingerprint density at radius 1 is 1.12 bits per heavy atom. The van der Waals surface area contributed by atoms with Crippen LogP contribution in [0.15, 0.2) is 47.8 Å². The van der Waals surface area contributed by atoms with Gasteiger partial charge in [-0.25, -0.2) is 9.69 Å². The molecule has 3 heterocycles. The number of thiophene rings is 1. The van der Waals surface area contributed by atoms with Crippen LogP contribution in [0.5, 0.6) is 0 Å². The van der Waals surface area contributed by atoms with E-state index in [4.69, 9.17) is 0 Å². The molecule has 25 heavy (non-hydrogen) atoms. The minimum absolute atomic E-state index is 0.120. The third-order valence-electron chi connectivity index (χ3n) is 4.95. The Balaban J connectivity index is 1.44. The lowest BCUT2D eigenvalue weighted by Crippen LogP contribution is -2.41. The number of nitrogens with one attached hydrogen (secondary N) is 1. The Morgan fingerprint density at radius 2 is 1.96 bits per heavy atom. The van der Waals surface area contributed by atoms with Crippen molar-refractivity contribution in [2.24, 2.45) is 0 Å². The van der Waals surface area contributed by atoms with Gasteiger partial charge in [0.15, 0.2) is 0 Å². The van der Waals surface area contributed by atoms with E-state index >= 15 is 0 Å². The molecule has 3 amide bonds. The van der Waals surface area contributed by atoms with Gasteiger partial charge in [-0.1, -0.05) is 36.4 Å². The Labute approximate surface area is 151 Å². The molecular weight excluding hydrogens is 334 g/mol. The highest BCUT2D eigenvalue weighted by atomic mass is 32.1. The van der Waals surface area contributed by atoms with E-state index in [9.17, 15) is 9.59 Å². The van der Waals surface area contributed by atoms with Crippen molar-refractivity contribution in [2.45, 2.75) is 31.3 Å². The van der Waals surface area contributed by atoms with Crippen LogP contribution < -0.4 is 5.32 Å². The molecule has 1 aromatic heterocycles. The largest absolute Gasteiger partial charge is 0.325 e. The van der Waals surface area contributed by atoms with Crippen LogP contribution in [0.4, 0.5) is 4.79 Å². The molecule has 6 heteroatoms. The van der Waals surface area contributed by atoms with Crippen LogP contribution in [-0.4, -0.2) is 41.0 Å². The second kappa shape index (κ2) is 6.98. The Morgan fingerprint density at radius 3 is 2.72 bits per heavy atom. The van der Waals surface area contributed by atoms with Gasteiger partial charge in [0.1, 0.15) is 6.04 Å². The predicted octanol–water partition coefficient (Wildman–Crippen LogP) is 3.01. The van der Waals surface area contributed by atoms with Crippen molar-refractivity contribution < 1.29 is 9.59 Å². The molecule has 0 spiro atoms. The molecule has 1 aromatic carbocycles. The molecule has 2 aliphatic heterocycles. The molecule has 2 saturated heterocycles. The highest BCUT2D eigenvalue weighted by molar-refractivity contribution is 7.10. The molecule has 0 radical (unpaired) electrons. The summed E-state index contributed by atoms with van der Waals surface area (Å²) in [6, 6.07) is 13.6. The summed E-state index contributed by atoms with van der Waals surface area (Å²) in [5, 5.41) is 4.92. The monoisotopic (exact) mass is 355 g/mol. The number of urea groups is 1. The summed E-state index contributed by atoms with van der Waals surface area (Å²) in [4.78, 5) is 30.0. The molecule has 0 bridgehead atoms. The van der Waals surface area contributed by atoms with E-state index in [-0.39, 0.29) is 11.9 Å². The van der Waals surface area contributed by atoms with Crippen LogP contribution in [-0.2, 0) is 11.2 Å². The van der Waals surface area contributed by atoms with Gasteiger partial charge >= 0.3 is 6.03 Å². The van der Waals surface area contributed by atoms with Gasteiger partial charge in [-0.15, -0.1) is 11.3 Å². The van der Waals surface area contributed by atoms with Crippen molar-refractivity contribution in [1.82, 2.24) is 15.1 Å². The Kier molecular flexibility index (Phi) is 4.55. The molecular formula is C19H21N3O2S. The average molecular weight is 355 g/mol. The van der Waals surface area contributed by atoms with Crippen LogP contribution >= 0.6 is 11.3 Å². The molecule has 5 nitrogen and oxygen atoms in total. The number of rotatable bonds is 5. The van der Waals surface area contributed by atoms with Gasteiger partial charge < -0.3 is 5.32 Å². The lowest BCUT2D eigenvalue weighted by Gasteiger charge is -2.27. The van der Waals surface area contributed by atoms with E-state index < -0.39 is 6.04 Å². The summed E-state index contributed by atoms with van der Waals surface area (Å²) >= 11 is 1.74. The predicted molar refractivity (Wildman–Crippen MR) is 97.2 cm³/mol. The molecule has 0 aliphatic carbocycles. The molecule has 0 saturated carbocycles. The van der Waals surface area contributed by atoms with E-state index in [0.717, 1.165) is 24.9 Å². The first-order valence-corrected chi connectivity index (χ1v) is 9.53. The second-order valence-electron chi connectivity index (χ2n) is 6.59. The minimum atomic E-state index is -0.460. The zero-order valence-corrected chi connectivity index (χ0v) is 14.7. The highest BCUT2D eigenvalue weighted by Crippen LogP contribution is 2.34. The molecule has 2 fully saturated rings. The Bertz CT molecular complexity index is 747. The number of nitrogens with zero attached hydrogens (tertiary/aromatic N) is 2. The number of carbonyl (C=O) groups is 2. The number of hydrogen-bond donors (Lipinski definition) is 1. The molecule has 4 rings (SSSR count). The topological polar surface area (TPSA) is 52.7 Å². The van der Waals surface area contributed by atoms with Crippen molar-refractivity contribution >= 4 is 23.3 Å². The zero-order valence-electron chi connectivity index (χ0n) is 13.9. The molecule has 2 aliphatic rings. The molecule has 0 unspecified atom stereocenters. The Hall–Kier alpha value is -2.18. The summed E-state index contributed by atoms with van der Waals surface area (Å²) in [7, 11) is 0. The van der Waals surface area contributed by atoms with Gasteiger partial charge in [0, 0.05) is 23.9 Å². The lowest BCUT2D eigenvalue weighted by molar-refractivity contribution is -0.129. The van der Waals surface area contributed by atoms with Gasteiger partial charge in [-0.05, 0) is 29.9 Å². The normalized spacial score (nSPS) is 24.1. The third kappa shape index (κ3) is 3.32. The number of likely N-dealkylation sites (tertiary alicyclic amines) is 1. The van der Waals surface area contributed by atoms with Gasteiger partial charge in [0.25, 0.3) is 5.91 Å². The standard InChI is InChI=1S/C19H21N3O2S/c23-18-15(12-14-6-2-1-3-7-14)20-19(24)22(18)13-21-10-4-8-16(21)17-9-5-11-25-17/h1-3,5-7,9,11,15-16H,4,8,10,12-13H2,(H,20,24)/t15-,16-/m0/s1. The van der Waals surface area contributed by atoms with Crippen LogP contribution in [0.1, 0.15) is 29.3 Å². The van der Waals surface area contributed by atoms with E-state index in [2.05, 4.69) is 27.7 Å². The van der Waals surface area contributed by atoms with E-state index in [1.165, 1.54) is 9.78 Å². The van der Waals surface area contributed by atoms with Crippen molar-refractivity contribution in [3.05, 3.63) is 58.3 Å². The van der Waals surface area contributed by atoms with Crippen LogP contribution in [0.3, 0.4) is 0 Å². The van der Waals surface area contributed by atoms with E-state index in [1.807, 2.05) is 30.3 Å². The zero-order chi connectivity index (χ0) is 17.2. The van der Waals surface area contributed by atoms with Crippen molar-refractivity contribution in [2.75, 3.05) is 13.2 Å². The maximum Gasteiger partial charge on any atom is 0.325 e. The SMILES string of the molecule is O=C1N[C@@H](Cc2ccccc2)C(=O)N1CN1CCC[C@H]1c1cccs1. The molecule has 1 N–H and O–H groups in total. The van der Waals surface area contributed by atoms with Gasteiger partial charge in [0.05, 0.1) is 6.67 Å². The number of hydrogen-bond acceptors (Lipinski definition) is 4. The maximum atomic E-state index is 12.7.